The highest BCUT2D eigenvalue weighted by atomic mass is 79.9. The minimum Gasteiger partial charge on any atom is -0.348 e. The van der Waals surface area contributed by atoms with E-state index in [2.05, 4.69) is 39.7 Å². The quantitative estimate of drug-likeness (QED) is 0.775. The van der Waals surface area contributed by atoms with Crippen LogP contribution in [0.2, 0.25) is 0 Å². The zero-order valence-electron chi connectivity index (χ0n) is 14.1. The number of anilines is 1. The third-order valence-corrected chi connectivity index (χ3v) is 5.91. The Morgan fingerprint density at radius 3 is 2.76 bits per heavy atom. The number of fused-ring (bicyclic) bond motifs is 1. The van der Waals surface area contributed by atoms with Crippen LogP contribution in [0.4, 0.5) is 5.69 Å². The molecule has 3 heterocycles. The molecule has 2 atom stereocenters. The van der Waals surface area contributed by atoms with Crippen LogP contribution in [0.3, 0.4) is 0 Å². The number of hydrogen-bond acceptors (Lipinski definition) is 2. The van der Waals surface area contributed by atoms with Gasteiger partial charge in [-0.3, -0.25) is 9.59 Å². The number of benzene rings is 1. The molecule has 2 aliphatic heterocycles. The molecule has 130 valence electrons. The van der Waals surface area contributed by atoms with E-state index < -0.39 is 0 Å². The molecular weight excluding hydrogens is 382 g/mol. The van der Waals surface area contributed by atoms with Crippen molar-refractivity contribution in [2.45, 2.75) is 25.9 Å². The zero-order chi connectivity index (χ0) is 17.6. The van der Waals surface area contributed by atoms with Crippen LogP contribution >= 0.6 is 15.9 Å². The summed E-state index contributed by atoms with van der Waals surface area (Å²) < 4.78 is 3.07. The van der Waals surface area contributed by atoms with Crippen LogP contribution in [-0.4, -0.2) is 34.4 Å². The lowest BCUT2D eigenvalue weighted by atomic mass is 10.0. The summed E-state index contributed by atoms with van der Waals surface area (Å²) in [5.74, 6) is -0.176. The predicted octanol–water partition coefficient (Wildman–Crippen LogP) is 3.21. The molecule has 4 rings (SSSR count). The Morgan fingerprint density at radius 1 is 1.16 bits per heavy atom. The maximum absolute atomic E-state index is 13.1. The van der Waals surface area contributed by atoms with Gasteiger partial charge in [-0.15, -0.1) is 0 Å². The smallest absolute Gasteiger partial charge is 0.228 e. The van der Waals surface area contributed by atoms with Crippen molar-refractivity contribution in [3.63, 3.8) is 0 Å². The maximum Gasteiger partial charge on any atom is 0.228 e. The standard InChI is InChI=1S/C19H20BrN3O2/c1-13-16-7-4-8-21(16)9-10-22(13)19(25)14-11-18(24)23(12-14)17-6-3-2-5-15(17)20/h2-8,13-14H,9-12H2,1H3. The van der Waals surface area contributed by atoms with E-state index in [1.807, 2.05) is 35.2 Å². The largest absolute Gasteiger partial charge is 0.348 e. The summed E-state index contributed by atoms with van der Waals surface area (Å²) in [5, 5.41) is 0. The second-order valence-corrected chi connectivity index (χ2v) is 7.55. The highest BCUT2D eigenvalue weighted by molar-refractivity contribution is 9.10. The summed E-state index contributed by atoms with van der Waals surface area (Å²) in [6, 6.07) is 11.8. The predicted molar refractivity (Wildman–Crippen MR) is 99.2 cm³/mol. The first-order valence-corrected chi connectivity index (χ1v) is 9.36. The first-order chi connectivity index (χ1) is 12.1. The molecule has 1 fully saturated rings. The fraction of sp³-hybridized carbons (Fsp3) is 0.368. The molecule has 2 aromatic rings. The lowest BCUT2D eigenvalue weighted by Crippen LogP contribution is -2.44. The molecule has 1 aromatic heterocycles. The number of hydrogen-bond donors (Lipinski definition) is 0. The molecule has 0 radical (unpaired) electrons. The molecule has 2 unspecified atom stereocenters. The van der Waals surface area contributed by atoms with Crippen molar-refractivity contribution in [1.29, 1.82) is 0 Å². The Kier molecular flexibility index (Phi) is 4.15. The SMILES string of the molecule is CC1c2cccn2CCN1C(=O)C1CC(=O)N(c2ccccc2Br)C1. The third kappa shape index (κ3) is 2.78. The lowest BCUT2D eigenvalue weighted by molar-refractivity contribution is -0.139. The molecule has 25 heavy (non-hydrogen) atoms. The molecule has 2 aliphatic rings. The fourth-order valence-electron chi connectivity index (χ4n) is 3.89. The van der Waals surface area contributed by atoms with Crippen LogP contribution in [0.25, 0.3) is 0 Å². The number of rotatable bonds is 2. The van der Waals surface area contributed by atoms with E-state index in [-0.39, 0.29) is 30.2 Å². The van der Waals surface area contributed by atoms with Gasteiger partial charge >= 0.3 is 0 Å². The number of para-hydroxylation sites is 1. The Morgan fingerprint density at radius 2 is 1.96 bits per heavy atom. The third-order valence-electron chi connectivity index (χ3n) is 5.24. The van der Waals surface area contributed by atoms with Crippen LogP contribution < -0.4 is 4.90 Å². The van der Waals surface area contributed by atoms with Crippen LogP contribution in [0, 0.1) is 5.92 Å². The summed E-state index contributed by atoms with van der Waals surface area (Å²) in [5.41, 5.74) is 2.00. The second kappa shape index (κ2) is 6.33. The number of halogens is 1. The molecule has 0 aliphatic carbocycles. The van der Waals surface area contributed by atoms with Crippen LogP contribution in [0.5, 0.6) is 0 Å². The van der Waals surface area contributed by atoms with Crippen molar-refractivity contribution in [1.82, 2.24) is 9.47 Å². The van der Waals surface area contributed by atoms with Crippen molar-refractivity contribution >= 4 is 33.4 Å². The zero-order valence-corrected chi connectivity index (χ0v) is 15.6. The van der Waals surface area contributed by atoms with Gasteiger partial charge < -0.3 is 14.4 Å². The minimum absolute atomic E-state index is 0.0123. The maximum atomic E-state index is 13.1. The normalized spacial score (nSPS) is 23.0. The van der Waals surface area contributed by atoms with Crippen molar-refractivity contribution < 1.29 is 9.59 Å². The lowest BCUT2D eigenvalue weighted by Gasteiger charge is -2.36. The van der Waals surface area contributed by atoms with E-state index in [0.717, 1.165) is 22.4 Å². The van der Waals surface area contributed by atoms with Crippen LogP contribution in [0.1, 0.15) is 25.1 Å². The second-order valence-electron chi connectivity index (χ2n) is 6.69. The number of amides is 2. The first kappa shape index (κ1) is 16.4. The van der Waals surface area contributed by atoms with E-state index >= 15 is 0 Å². The molecule has 5 nitrogen and oxygen atoms in total. The van der Waals surface area contributed by atoms with Gasteiger partial charge in [0.2, 0.25) is 11.8 Å². The van der Waals surface area contributed by atoms with Gasteiger partial charge in [0.05, 0.1) is 17.6 Å². The van der Waals surface area contributed by atoms with Gasteiger partial charge in [0.25, 0.3) is 0 Å². The monoisotopic (exact) mass is 401 g/mol. The molecule has 1 aromatic carbocycles. The molecule has 0 saturated carbocycles. The number of nitrogens with zero attached hydrogens (tertiary/aromatic N) is 3. The Balaban J connectivity index is 1.53. The highest BCUT2D eigenvalue weighted by Crippen LogP contribution is 2.34. The van der Waals surface area contributed by atoms with Crippen LogP contribution in [-0.2, 0) is 16.1 Å². The van der Waals surface area contributed by atoms with Gasteiger partial charge in [-0.05, 0) is 47.1 Å². The van der Waals surface area contributed by atoms with E-state index in [1.165, 1.54) is 0 Å². The highest BCUT2D eigenvalue weighted by Gasteiger charge is 2.40. The fourth-order valence-corrected chi connectivity index (χ4v) is 4.39. The molecule has 6 heteroatoms. The van der Waals surface area contributed by atoms with Gasteiger partial charge in [0.1, 0.15) is 0 Å². The average molecular weight is 402 g/mol. The van der Waals surface area contributed by atoms with Gasteiger partial charge in [0, 0.05) is 42.4 Å². The van der Waals surface area contributed by atoms with E-state index in [0.29, 0.717) is 13.1 Å². The molecule has 2 amide bonds. The molecule has 1 saturated heterocycles. The van der Waals surface area contributed by atoms with Crippen molar-refractivity contribution in [3.05, 3.63) is 52.8 Å². The molecule has 0 spiro atoms. The molecule has 0 bridgehead atoms. The Hall–Kier alpha value is -2.08. The summed E-state index contributed by atoms with van der Waals surface area (Å²) in [7, 11) is 0. The van der Waals surface area contributed by atoms with Gasteiger partial charge in [-0.2, -0.15) is 0 Å². The average Bonchev–Trinajstić information content (AvgIpc) is 3.22. The van der Waals surface area contributed by atoms with E-state index in [9.17, 15) is 9.59 Å². The molecule has 0 N–H and O–H groups in total. The Labute approximate surface area is 155 Å². The van der Waals surface area contributed by atoms with Gasteiger partial charge in [-0.1, -0.05) is 12.1 Å². The van der Waals surface area contributed by atoms with Gasteiger partial charge in [-0.25, -0.2) is 0 Å². The number of carbonyl (C=O) groups excluding carboxylic acids is 2. The Bertz CT molecular complexity index is 832. The summed E-state index contributed by atoms with van der Waals surface area (Å²) >= 11 is 3.50. The summed E-state index contributed by atoms with van der Waals surface area (Å²) in [6.45, 7) is 4.02. The minimum atomic E-state index is -0.274. The summed E-state index contributed by atoms with van der Waals surface area (Å²) in [6.07, 6.45) is 2.34. The van der Waals surface area contributed by atoms with E-state index in [1.54, 1.807) is 4.90 Å². The van der Waals surface area contributed by atoms with Crippen molar-refractivity contribution in [2.75, 3.05) is 18.0 Å². The van der Waals surface area contributed by atoms with Gasteiger partial charge in [0.15, 0.2) is 0 Å². The van der Waals surface area contributed by atoms with Crippen molar-refractivity contribution in [2.24, 2.45) is 5.92 Å². The topological polar surface area (TPSA) is 45.6 Å². The molecular formula is C19H20BrN3O2. The number of aromatic nitrogens is 1. The van der Waals surface area contributed by atoms with Crippen LogP contribution in [0.15, 0.2) is 47.1 Å². The summed E-state index contributed by atoms with van der Waals surface area (Å²) in [4.78, 5) is 29.2. The van der Waals surface area contributed by atoms with Crippen molar-refractivity contribution in [3.8, 4) is 0 Å². The van der Waals surface area contributed by atoms with E-state index in [4.69, 9.17) is 0 Å². The first-order valence-electron chi connectivity index (χ1n) is 8.56. The number of carbonyl (C=O) groups is 2.